The van der Waals surface area contributed by atoms with Crippen molar-refractivity contribution in [3.63, 3.8) is 0 Å². The van der Waals surface area contributed by atoms with E-state index in [-0.39, 0.29) is 38.0 Å². The third kappa shape index (κ3) is 28.1. The standard InChI is InChI=1S/C28H50O8/c29-25(30)19-15-11-7-3-1-5-9-13-17-21-27(33)35-23-24-36-28(34)22-18-14-10-6-2-4-8-12-16-20-26(31)32/h1-24H2,(H,29,30)(H,31,32). The van der Waals surface area contributed by atoms with Gasteiger partial charge in [0.1, 0.15) is 13.2 Å². The first-order chi connectivity index (χ1) is 17.4. The molecule has 0 saturated carbocycles. The van der Waals surface area contributed by atoms with Gasteiger partial charge < -0.3 is 19.7 Å². The summed E-state index contributed by atoms with van der Waals surface area (Å²) in [5.74, 6) is -1.93. The van der Waals surface area contributed by atoms with E-state index in [1.165, 1.54) is 0 Å². The second kappa shape index (κ2) is 26.0. The molecule has 0 unspecified atom stereocenters. The van der Waals surface area contributed by atoms with Crippen molar-refractivity contribution in [2.45, 2.75) is 141 Å². The van der Waals surface area contributed by atoms with Crippen molar-refractivity contribution in [3.8, 4) is 0 Å². The van der Waals surface area contributed by atoms with Gasteiger partial charge >= 0.3 is 23.9 Å². The van der Waals surface area contributed by atoms with E-state index in [9.17, 15) is 19.2 Å². The highest BCUT2D eigenvalue weighted by atomic mass is 16.6. The maximum atomic E-state index is 11.7. The molecule has 0 aliphatic heterocycles. The fourth-order valence-electron chi connectivity index (χ4n) is 4.02. The van der Waals surface area contributed by atoms with Crippen molar-refractivity contribution in [1.29, 1.82) is 0 Å². The quantitative estimate of drug-likeness (QED) is 0.0902. The Bertz CT molecular complexity index is 526. The highest BCUT2D eigenvalue weighted by Gasteiger charge is 2.06. The molecule has 0 aliphatic rings. The lowest BCUT2D eigenvalue weighted by Crippen LogP contribution is -2.13. The van der Waals surface area contributed by atoms with Gasteiger partial charge in [0, 0.05) is 25.7 Å². The summed E-state index contributed by atoms with van der Waals surface area (Å²) in [5, 5.41) is 17.2. The molecule has 0 aromatic carbocycles. The first kappa shape index (κ1) is 33.9. The lowest BCUT2D eigenvalue weighted by Gasteiger charge is -2.07. The van der Waals surface area contributed by atoms with Crippen LogP contribution in [0.2, 0.25) is 0 Å². The third-order valence-corrected chi connectivity index (χ3v) is 6.15. The minimum absolute atomic E-state index is 0.110. The average molecular weight is 515 g/mol. The number of hydrogen-bond donors (Lipinski definition) is 2. The number of hydrogen-bond acceptors (Lipinski definition) is 6. The SMILES string of the molecule is O=C(O)CCCCCCCCCCCC(=O)OCCOC(=O)CCCCCCCCCCCC(=O)O. The number of esters is 2. The van der Waals surface area contributed by atoms with E-state index in [1.54, 1.807) is 0 Å². The van der Waals surface area contributed by atoms with Crippen LogP contribution in [0, 0.1) is 0 Å². The summed E-state index contributed by atoms with van der Waals surface area (Å²) >= 11 is 0. The monoisotopic (exact) mass is 514 g/mol. The van der Waals surface area contributed by atoms with Crippen molar-refractivity contribution < 1.29 is 38.9 Å². The summed E-state index contributed by atoms with van der Waals surface area (Å²) in [6.45, 7) is 0.220. The summed E-state index contributed by atoms with van der Waals surface area (Å²) in [4.78, 5) is 44.3. The summed E-state index contributed by atoms with van der Waals surface area (Å²) in [6.07, 6.45) is 19.6. The zero-order valence-electron chi connectivity index (χ0n) is 22.3. The first-order valence-corrected chi connectivity index (χ1v) is 14.2. The van der Waals surface area contributed by atoms with E-state index in [0.29, 0.717) is 12.8 Å². The molecular formula is C28H50O8. The number of carbonyl (C=O) groups excluding carboxylic acids is 2. The van der Waals surface area contributed by atoms with Crippen molar-refractivity contribution in [1.82, 2.24) is 0 Å². The fourth-order valence-corrected chi connectivity index (χ4v) is 4.02. The maximum absolute atomic E-state index is 11.7. The van der Waals surface area contributed by atoms with Gasteiger partial charge in [0.15, 0.2) is 0 Å². The molecule has 0 radical (unpaired) electrons. The Morgan fingerprint density at radius 3 is 0.833 bits per heavy atom. The van der Waals surface area contributed by atoms with Crippen molar-refractivity contribution in [2.75, 3.05) is 13.2 Å². The molecule has 0 fully saturated rings. The summed E-state index contributed by atoms with van der Waals surface area (Å²) in [6, 6.07) is 0. The molecule has 0 rings (SSSR count). The van der Waals surface area contributed by atoms with E-state index in [4.69, 9.17) is 19.7 Å². The molecule has 0 aromatic rings. The average Bonchev–Trinajstić information content (AvgIpc) is 2.83. The van der Waals surface area contributed by atoms with Crippen LogP contribution in [0.25, 0.3) is 0 Å². The molecule has 0 heterocycles. The Morgan fingerprint density at radius 2 is 0.583 bits per heavy atom. The zero-order chi connectivity index (χ0) is 26.7. The smallest absolute Gasteiger partial charge is 0.305 e. The second-order valence-corrected chi connectivity index (χ2v) is 9.59. The van der Waals surface area contributed by atoms with Gasteiger partial charge in [-0.3, -0.25) is 19.2 Å². The van der Waals surface area contributed by atoms with Crippen molar-refractivity contribution in [2.24, 2.45) is 0 Å². The van der Waals surface area contributed by atoms with Crippen LogP contribution in [-0.2, 0) is 28.7 Å². The largest absolute Gasteiger partial charge is 0.481 e. The number of carboxylic acids is 2. The van der Waals surface area contributed by atoms with E-state index in [2.05, 4.69) is 0 Å². The van der Waals surface area contributed by atoms with Gasteiger partial charge in [-0.2, -0.15) is 0 Å². The lowest BCUT2D eigenvalue weighted by molar-refractivity contribution is -0.152. The Balaban J connectivity index is 3.31. The highest BCUT2D eigenvalue weighted by Crippen LogP contribution is 2.13. The normalized spacial score (nSPS) is 10.8. The molecule has 0 atom stereocenters. The van der Waals surface area contributed by atoms with Crippen molar-refractivity contribution >= 4 is 23.9 Å². The van der Waals surface area contributed by atoms with E-state index >= 15 is 0 Å². The van der Waals surface area contributed by atoms with Crippen LogP contribution >= 0.6 is 0 Å². The predicted molar refractivity (Wildman–Crippen MR) is 139 cm³/mol. The van der Waals surface area contributed by atoms with Gasteiger partial charge in [0.25, 0.3) is 0 Å². The molecule has 0 saturated heterocycles. The van der Waals surface area contributed by atoms with Crippen LogP contribution in [0.4, 0.5) is 0 Å². The van der Waals surface area contributed by atoms with Crippen LogP contribution in [0.5, 0.6) is 0 Å². The van der Waals surface area contributed by atoms with E-state index < -0.39 is 11.9 Å². The summed E-state index contributed by atoms with van der Waals surface area (Å²) in [7, 11) is 0. The van der Waals surface area contributed by atoms with Crippen molar-refractivity contribution in [3.05, 3.63) is 0 Å². The highest BCUT2D eigenvalue weighted by molar-refractivity contribution is 5.70. The van der Waals surface area contributed by atoms with Crippen LogP contribution in [0.1, 0.15) is 141 Å². The van der Waals surface area contributed by atoms with Gasteiger partial charge in [0.2, 0.25) is 0 Å². The van der Waals surface area contributed by atoms with E-state index in [1.807, 2.05) is 0 Å². The van der Waals surface area contributed by atoms with Crippen LogP contribution in [0.3, 0.4) is 0 Å². The molecule has 0 aromatic heterocycles. The number of ether oxygens (including phenoxy) is 2. The van der Waals surface area contributed by atoms with Gasteiger partial charge in [-0.1, -0.05) is 89.9 Å². The molecule has 210 valence electrons. The van der Waals surface area contributed by atoms with Gasteiger partial charge in [-0.05, 0) is 25.7 Å². The van der Waals surface area contributed by atoms with Crippen LogP contribution in [0.15, 0.2) is 0 Å². The molecule has 0 aliphatic carbocycles. The Kier molecular flexibility index (Phi) is 24.4. The zero-order valence-corrected chi connectivity index (χ0v) is 22.3. The molecule has 36 heavy (non-hydrogen) atoms. The van der Waals surface area contributed by atoms with Crippen LogP contribution < -0.4 is 0 Å². The lowest BCUT2D eigenvalue weighted by atomic mass is 10.1. The molecule has 8 heteroatoms. The van der Waals surface area contributed by atoms with Gasteiger partial charge in [0.05, 0.1) is 0 Å². The molecule has 0 bridgehead atoms. The topological polar surface area (TPSA) is 127 Å². The van der Waals surface area contributed by atoms with E-state index in [0.717, 1.165) is 116 Å². The maximum Gasteiger partial charge on any atom is 0.305 e. The summed E-state index contributed by atoms with van der Waals surface area (Å²) < 4.78 is 10.2. The predicted octanol–water partition coefficient (Wildman–Crippen LogP) is 6.82. The molecule has 0 spiro atoms. The molecule has 8 nitrogen and oxygen atoms in total. The summed E-state index contributed by atoms with van der Waals surface area (Å²) in [5.41, 5.74) is 0. The number of carboxylic acid groups (broad SMARTS) is 2. The Hall–Kier alpha value is -2.12. The Labute approximate surface area is 217 Å². The molecular weight excluding hydrogens is 464 g/mol. The number of aliphatic carboxylic acids is 2. The second-order valence-electron chi connectivity index (χ2n) is 9.59. The number of carbonyl (C=O) groups is 4. The first-order valence-electron chi connectivity index (χ1n) is 14.2. The molecule has 2 N–H and O–H groups in total. The number of rotatable bonds is 27. The molecule has 0 amide bonds. The van der Waals surface area contributed by atoms with Gasteiger partial charge in [-0.25, -0.2) is 0 Å². The number of unbranched alkanes of at least 4 members (excludes halogenated alkanes) is 16. The van der Waals surface area contributed by atoms with Gasteiger partial charge in [-0.15, -0.1) is 0 Å². The van der Waals surface area contributed by atoms with Crippen LogP contribution in [-0.4, -0.2) is 47.3 Å². The minimum Gasteiger partial charge on any atom is -0.481 e. The third-order valence-electron chi connectivity index (χ3n) is 6.15. The fraction of sp³-hybridized carbons (Fsp3) is 0.857. The minimum atomic E-state index is -0.719. The Morgan fingerprint density at radius 1 is 0.361 bits per heavy atom.